The highest BCUT2D eigenvalue weighted by Gasteiger charge is 2.30. The predicted molar refractivity (Wildman–Crippen MR) is 88.4 cm³/mol. The zero-order chi connectivity index (χ0) is 14.8. The van der Waals surface area contributed by atoms with Gasteiger partial charge in [-0.2, -0.15) is 0 Å². The van der Waals surface area contributed by atoms with Gasteiger partial charge in [0.05, 0.1) is 0 Å². The Labute approximate surface area is 132 Å². The number of benzene rings is 2. The number of halogens is 1. The number of carbonyl (C=O) groups excluding carboxylic acids is 1. The molecule has 0 aliphatic carbocycles. The highest BCUT2D eigenvalue weighted by Crippen LogP contribution is 2.33. The van der Waals surface area contributed by atoms with E-state index in [1.165, 1.54) is 5.56 Å². The van der Waals surface area contributed by atoms with Gasteiger partial charge in [-0.1, -0.05) is 59.3 Å². The lowest BCUT2D eigenvalue weighted by Gasteiger charge is -2.16. The van der Waals surface area contributed by atoms with Crippen LogP contribution in [0.4, 0.5) is 5.69 Å². The van der Waals surface area contributed by atoms with E-state index in [-0.39, 0.29) is 11.9 Å². The SMILES string of the molecule is CC(CNC1C(=O)Nc2cc(Br)ccc21)c1ccccc1. The Kier molecular flexibility index (Phi) is 4.08. The van der Waals surface area contributed by atoms with E-state index in [9.17, 15) is 4.79 Å². The maximum Gasteiger partial charge on any atom is 0.246 e. The Hall–Kier alpha value is -1.65. The van der Waals surface area contributed by atoms with E-state index >= 15 is 0 Å². The summed E-state index contributed by atoms with van der Waals surface area (Å²) in [7, 11) is 0. The van der Waals surface area contributed by atoms with Gasteiger partial charge in [0.1, 0.15) is 6.04 Å². The summed E-state index contributed by atoms with van der Waals surface area (Å²) in [6.45, 7) is 2.93. The maximum absolute atomic E-state index is 12.1. The third-order valence-electron chi connectivity index (χ3n) is 3.84. The van der Waals surface area contributed by atoms with Gasteiger partial charge in [-0.3, -0.25) is 4.79 Å². The Morgan fingerprint density at radius 1 is 1.24 bits per heavy atom. The van der Waals surface area contributed by atoms with E-state index < -0.39 is 0 Å². The van der Waals surface area contributed by atoms with Crippen LogP contribution in [0.2, 0.25) is 0 Å². The molecule has 2 aromatic carbocycles. The third-order valence-corrected chi connectivity index (χ3v) is 4.34. The average molecular weight is 345 g/mol. The van der Waals surface area contributed by atoms with Crippen molar-refractivity contribution in [3.05, 3.63) is 64.1 Å². The van der Waals surface area contributed by atoms with Crippen molar-refractivity contribution in [3.8, 4) is 0 Å². The molecular weight excluding hydrogens is 328 g/mol. The van der Waals surface area contributed by atoms with Crippen LogP contribution in [0.3, 0.4) is 0 Å². The van der Waals surface area contributed by atoms with Gasteiger partial charge in [-0.25, -0.2) is 0 Å². The van der Waals surface area contributed by atoms with Crippen molar-refractivity contribution >= 4 is 27.5 Å². The van der Waals surface area contributed by atoms with E-state index in [4.69, 9.17) is 0 Å². The summed E-state index contributed by atoms with van der Waals surface area (Å²) in [6, 6.07) is 16.0. The first-order valence-electron chi connectivity index (χ1n) is 7.04. The topological polar surface area (TPSA) is 41.1 Å². The number of fused-ring (bicyclic) bond motifs is 1. The highest BCUT2D eigenvalue weighted by atomic mass is 79.9. The van der Waals surface area contributed by atoms with Crippen molar-refractivity contribution in [3.63, 3.8) is 0 Å². The van der Waals surface area contributed by atoms with Crippen LogP contribution < -0.4 is 10.6 Å². The standard InChI is InChI=1S/C17H17BrN2O/c1-11(12-5-3-2-4-6-12)10-19-16-14-8-7-13(18)9-15(14)20-17(16)21/h2-9,11,16,19H,10H2,1H3,(H,20,21). The van der Waals surface area contributed by atoms with E-state index in [0.717, 1.165) is 22.3 Å². The van der Waals surface area contributed by atoms with Crippen LogP contribution >= 0.6 is 15.9 Å². The minimum Gasteiger partial charge on any atom is -0.324 e. The second-order valence-corrected chi connectivity index (χ2v) is 6.29. The number of amides is 1. The number of nitrogens with one attached hydrogen (secondary N) is 2. The van der Waals surface area contributed by atoms with Gasteiger partial charge in [-0.05, 0) is 23.6 Å². The lowest BCUT2D eigenvalue weighted by molar-refractivity contribution is -0.117. The van der Waals surface area contributed by atoms with Crippen LogP contribution in [0.1, 0.15) is 30.0 Å². The van der Waals surface area contributed by atoms with Crippen molar-refractivity contribution in [1.29, 1.82) is 0 Å². The molecule has 2 N–H and O–H groups in total. The van der Waals surface area contributed by atoms with Gasteiger partial charge >= 0.3 is 0 Å². The Bertz CT molecular complexity index is 657. The third kappa shape index (κ3) is 3.01. The molecule has 21 heavy (non-hydrogen) atoms. The predicted octanol–water partition coefficient (Wildman–Crippen LogP) is 3.84. The first-order valence-corrected chi connectivity index (χ1v) is 7.83. The van der Waals surface area contributed by atoms with Crippen molar-refractivity contribution in [2.45, 2.75) is 18.9 Å². The van der Waals surface area contributed by atoms with Gasteiger partial charge in [0.2, 0.25) is 5.91 Å². The van der Waals surface area contributed by atoms with Crippen LogP contribution in [0.25, 0.3) is 0 Å². The number of anilines is 1. The number of hydrogen-bond acceptors (Lipinski definition) is 2. The molecule has 1 aliphatic heterocycles. The second-order valence-electron chi connectivity index (χ2n) is 5.37. The van der Waals surface area contributed by atoms with E-state index in [1.807, 2.05) is 36.4 Å². The van der Waals surface area contributed by atoms with Gasteiger partial charge in [0, 0.05) is 22.3 Å². The fourth-order valence-electron chi connectivity index (χ4n) is 2.63. The molecule has 0 saturated carbocycles. The first kappa shape index (κ1) is 14.3. The van der Waals surface area contributed by atoms with Gasteiger partial charge < -0.3 is 10.6 Å². The molecule has 1 aliphatic rings. The van der Waals surface area contributed by atoms with Crippen molar-refractivity contribution in [2.24, 2.45) is 0 Å². The maximum atomic E-state index is 12.1. The summed E-state index contributed by atoms with van der Waals surface area (Å²) in [6.07, 6.45) is 0. The lowest BCUT2D eigenvalue weighted by atomic mass is 10.0. The quantitative estimate of drug-likeness (QED) is 0.884. The van der Waals surface area contributed by atoms with Gasteiger partial charge in [-0.15, -0.1) is 0 Å². The number of rotatable bonds is 4. The van der Waals surface area contributed by atoms with Crippen LogP contribution in [-0.2, 0) is 4.79 Å². The molecule has 0 spiro atoms. The first-order chi connectivity index (χ1) is 10.1. The van der Waals surface area contributed by atoms with Crippen LogP contribution in [0.15, 0.2) is 53.0 Å². The van der Waals surface area contributed by atoms with Crippen molar-refractivity contribution in [1.82, 2.24) is 5.32 Å². The van der Waals surface area contributed by atoms with E-state index in [2.05, 4.69) is 45.6 Å². The normalized spacial score (nSPS) is 18.2. The van der Waals surface area contributed by atoms with Crippen LogP contribution in [0.5, 0.6) is 0 Å². The van der Waals surface area contributed by atoms with E-state index in [0.29, 0.717) is 5.92 Å². The minimum atomic E-state index is -0.265. The Morgan fingerprint density at radius 2 is 2.00 bits per heavy atom. The van der Waals surface area contributed by atoms with Crippen LogP contribution in [0, 0.1) is 0 Å². The summed E-state index contributed by atoms with van der Waals surface area (Å²) in [5.41, 5.74) is 3.18. The summed E-state index contributed by atoms with van der Waals surface area (Å²) in [5.74, 6) is 0.377. The molecule has 1 heterocycles. The lowest BCUT2D eigenvalue weighted by Crippen LogP contribution is -2.30. The summed E-state index contributed by atoms with van der Waals surface area (Å²) < 4.78 is 0.972. The molecule has 108 valence electrons. The van der Waals surface area contributed by atoms with Gasteiger partial charge in [0.15, 0.2) is 0 Å². The molecular formula is C17H17BrN2O. The number of carbonyl (C=O) groups is 1. The Balaban J connectivity index is 1.70. The van der Waals surface area contributed by atoms with Gasteiger partial charge in [0.25, 0.3) is 0 Å². The summed E-state index contributed by atoms with van der Waals surface area (Å²) >= 11 is 3.43. The zero-order valence-corrected chi connectivity index (χ0v) is 13.4. The molecule has 0 aromatic heterocycles. The molecule has 0 radical (unpaired) electrons. The molecule has 0 fully saturated rings. The fraction of sp³-hybridized carbons (Fsp3) is 0.235. The molecule has 0 saturated heterocycles. The smallest absolute Gasteiger partial charge is 0.246 e. The molecule has 2 aromatic rings. The average Bonchev–Trinajstić information content (AvgIpc) is 2.80. The highest BCUT2D eigenvalue weighted by molar-refractivity contribution is 9.10. The molecule has 3 rings (SSSR count). The number of hydrogen-bond donors (Lipinski definition) is 2. The molecule has 4 heteroatoms. The molecule has 2 unspecified atom stereocenters. The fourth-order valence-corrected chi connectivity index (χ4v) is 2.99. The summed E-state index contributed by atoms with van der Waals surface area (Å²) in [5, 5.41) is 6.30. The minimum absolute atomic E-state index is 0.0170. The summed E-state index contributed by atoms with van der Waals surface area (Å²) in [4.78, 5) is 12.1. The Morgan fingerprint density at radius 3 is 2.76 bits per heavy atom. The molecule has 1 amide bonds. The monoisotopic (exact) mass is 344 g/mol. The van der Waals surface area contributed by atoms with Crippen LogP contribution in [-0.4, -0.2) is 12.5 Å². The second kappa shape index (κ2) is 6.00. The molecule has 0 bridgehead atoms. The molecule has 3 nitrogen and oxygen atoms in total. The molecule has 2 atom stereocenters. The largest absolute Gasteiger partial charge is 0.324 e. The van der Waals surface area contributed by atoms with Crippen molar-refractivity contribution in [2.75, 3.05) is 11.9 Å². The zero-order valence-electron chi connectivity index (χ0n) is 11.8. The van der Waals surface area contributed by atoms with E-state index in [1.54, 1.807) is 0 Å². The van der Waals surface area contributed by atoms with Crippen molar-refractivity contribution < 1.29 is 4.79 Å².